The number of benzene rings is 2. The van der Waals surface area contributed by atoms with Crippen LogP contribution in [0.5, 0.6) is 0 Å². The van der Waals surface area contributed by atoms with Gasteiger partial charge < -0.3 is 17.7 Å². The van der Waals surface area contributed by atoms with E-state index in [0.717, 1.165) is 27.3 Å². The van der Waals surface area contributed by atoms with Crippen LogP contribution in [-0.2, 0) is 10.0 Å². The van der Waals surface area contributed by atoms with Crippen molar-refractivity contribution < 1.29 is 22.3 Å². The SMILES string of the molecule is O=S(=O)(c1cccc2c(I)cccc12)N1CCCNCC1.[Cl-].[H+]. The maximum atomic E-state index is 13.0. The largest absolute Gasteiger partial charge is 1.00 e. The fraction of sp³-hybridized carbons (Fsp3) is 0.333. The monoisotopic (exact) mass is 452 g/mol. The van der Waals surface area contributed by atoms with Crippen molar-refractivity contribution in [3.63, 3.8) is 0 Å². The van der Waals surface area contributed by atoms with Crippen molar-refractivity contribution in [1.82, 2.24) is 9.62 Å². The summed E-state index contributed by atoms with van der Waals surface area (Å²) in [5.74, 6) is 0. The second-order valence-corrected chi connectivity index (χ2v) is 8.17. The van der Waals surface area contributed by atoms with Crippen LogP contribution in [0.3, 0.4) is 0 Å². The van der Waals surface area contributed by atoms with E-state index in [1.165, 1.54) is 0 Å². The van der Waals surface area contributed by atoms with Crippen LogP contribution in [0.25, 0.3) is 10.8 Å². The zero-order valence-electron chi connectivity index (χ0n) is 12.9. The van der Waals surface area contributed by atoms with Crippen LogP contribution < -0.4 is 17.7 Å². The summed E-state index contributed by atoms with van der Waals surface area (Å²) in [7, 11) is -3.44. The molecule has 7 heteroatoms. The van der Waals surface area contributed by atoms with E-state index in [4.69, 9.17) is 0 Å². The van der Waals surface area contributed by atoms with Crippen LogP contribution in [0.2, 0.25) is 0 Å². The van der Waals surface area contributed by atoms with Crippen LogP contribution in [-0.4, -0.2) is 38.9 Å². The fourth-order valence-electron chi connectivity index (χ4n) is 2.67. The molecule has 0 amide bonds. The van der Waals surface area contributed by atoms with Gasteiger partial charge in [0.1, 0.15) is 0 Å². The summed E-state index contributed by atoms with van der Waals surface area (Å²) in [6, 6.07) is 11.3. The molecule has 0 radical (unpaired) electrons. The number of hydrogen-bond acceptors (Lipinski definition) is 3. The smallest absolute Gasteiger partial charge is 1.00 e. The molecule has 1 N–H and O–H groups in total. The van der Waals surface area contributed by atoms with Gasteiger partial charge in [-0.15, -0.1) is 0 Å². The average molecular weight is 453 g/mol. The highest BCUT2D eigenvalue weighted by atomic mass is 127. The van der Waals surface area contributed by atoms with Gasteiger partial charge in [-0.2, -0.15) is 4.31 Å². The molecule has 22 heavy (non-hydrogen) atoms. The summed E-state index contributed by atoms with van der Waals surface area (Å²) in [6.07, 6.45) is 0.849. The predicted octanol–water partition coefficient (Wildman–Crippen LogP) is -0.455. The summed E-state index contributed by atoms with van der Waals surface area (Å²) in [5, 5.41) is 5.04. The standard InChI is InChI=1S/C15H17IN2O2S.ClH/c16-14-6-1-5-13-12(14)4-2-7-15(13)21(19,20)18-10-3-8-17-9-11-18;/h1-2,4-7,17H,3,8-11H2;1H. The van der Waals surface area contributed by atoms with Gasteiger partial charge >= 0.3 is 1.43 Å². The first-order valence-electron chi connectivity index (χ1n) is 6.99. The van der Waals surface area contributed by atoms with Crippen LogP contribution in [0, 0.1) is 3.57 Å². The van der Waals surface area contributed by atoms with Crippen molar-refractivity contribution >= 4 is 43.4 Å². The molecular weight excluding hydrogens is 435 g/mol. The van der Waals surface area contributed by atoms with Gasteiger partial charge in [0, 0.05) is 28.6 Å². The lowest BCUT2D eigenvalue weighted by Crippen LogP contribution is -3.00. The molecule has 0 saturated carbocycles. The van der Waals surface area contributed by atoms with Crippen molar-refractivity contribution in [3.05, 3.63) is 40.0 Å². The number of nitrogens with one attached hydrogen (secondary N) is 1. The fourth-order valence-corrected chi connectivity index (χ4v) is 5.03. The normalized spacial score (nSPS) is 17.0. The summed E-state index contributed by atoms with van der Waals surface area (Å²) in [4.78, 5) is 0.417. The van der Waals surface area contributed by atoms with Gasteiger partial charge in [0.25, 0.3) is 0 Å². The first-order valence-corrected chi connectivity index (χ1v) is 9.51. The molecule has 1 heterocycles. The Morgan fingerprint density at radius 2 is 1.77 bits per heavy atom. The number of rotatable bonds is 2. The first-order chi connectivity index (χ1) is 10.1. The maximum Gasteiger partial charge on any atom is 1.00 e. The number of fused-ring (bicyclic) bond motifs is 1. The van der Waals surface area contributed by atoms with E-state index in [1.54, 1.807) is 10.4 Å². The summed E-state index contributed by atoms with van der Waals surface area (Å²) >= 11 is 2.25. The van der Waals surface area contributed by atoms with Gasteiger partial charge in [0.15, 0.2) is 0 Å². The lowest BCUT2D eigenvalue weighted by molar-refractivity contribution is -0.00000665. The minimum absolute atomic E-state index is 0. The Morgan fingerprint density at radius 1 is 1.05 bits per heavy atom. The highest BCUT2D eigenvalue weighted by Gasteiger charge is 2.26. The van der Waals surface area contributed by atoms with Gasteiger partial charge in [-0.05, 0) is 53.1 Å². The van der Waals surface area contributed by atoms with E-state index in [9.17, 15) is 8.42 Å². The Bertz CT molecular complexity index is 765. The van der Waals surface area contributed by atoms with Crippen LogP contribution >= 0.6 is 22.6 Å². The third kappa shape index (κ3) is 3.41. The minimum atomic E-state index is -3.44. The molecule has 3 rings (SSSR count). The highest BCUT2D eigenvalue weighted by Crippen LogP contribution is 2.28. The predicted molar refractivity (Wildman–Crippen MR) is 94.0 cm³/mol. The molecule has 0 bridgehead atoms. The summed E-state index contributed by atoms with van der Waals surface area (Å²) in [5.41, 5.74) is 0. The molecule has 2 aromatic carbocycles. The van der Waals surface area contributed by atoms with E-state index in [1.807, 2.05) is 30.3 Å². The molecule has 1 saturated heterocycles. The third-order valence-electron chi connectivity index (χ3n) is 3.75. The van der Waals surface area contributed by atoms with Gasteiger partial charge in [-0.25, -0.2) is 8.42 Å². The summed E-state index contributed by atoms with van der Waals surface area (Å²) < 4.78 is 28.6. The molecule has 1 fully saturated rings. The quantitative estimate of drug-likeness (QED) is 0.628. The van der Waals surface area contributed by atoms with Crippen LogP contribution in [0.4, 0.5) is 0 Å². The molecule has 0 atom stereocenters. The van der Waals surface area contributed by atoms with Crippen molar-refractivity contribution in [2.45, 2.75) is 11.3 Å². The van der Waals surface area contributed by atoms with Gasteiger partial charge in [-0.1, -0.05) is 24.3 Å². The summed E-state index contributed by atoms with van der Waals surface area (Å²) in [6.45, 7) is 2.69. The van der Waals surface area contributed by atoms with Gasteiger partial charge in [0.05, 0.1) is 4.90 Å². The molecule has 2 aromatic rings. The maximum absolute atomic E-state index is 13.0. The van der Waals surface area contributed by atoms with Gasteiger partial charge in [-0.3, -0.25) is 0 Å². The average Bonchev–Trinajstić information content (AvgIpc) is 2.77. The molecule has 0 spiro atoms. The topological polar surface area (TPSA) is 49.4 Å². The van der Waals surface area contributed by atoms with Crippen molar-refractivity contribution in [2.24, 2.45) is 0 Å². The molecular formula is C15H18ClIN2O2S. The zero-order chi connectivity index (χ0) is 14.9. The Kier molecular flexibility index (Phi) is 6.07. The lowest BCUT2D eigenvalue weighted by atomic mass is 10.1. The van der Waals surface area contributed by atoms with Crippen molar-refractivity contribution in [2.75, 3.05) is 26.2 Å². The van der Waals surface area contributed by atoms with Gasteiger partial charge in [0.2, 0.25) is 10.0 Å². The highest BCUT2D eigenvalue weighted by molar-refractivity contribution is 14.1. The Hall–Kier alpha value is -0.410. The van der Waals surface area contributed by atoms with E-state index in [-0.39, 0.29) is 13.8 Å². The second-order valence-electron chi connectivity index (χ2n) is 5.10. The molecule has 0 aliphatic carbocycles. The molecule has 1 aliphatic heterocycles. The van der Waals surface area contributed by atoms with E-state index in [2.05, 4.69) is 27.9 Å². The Labute approximate surface area is 152 Å². The third-order valence-corrected chi connectivity index (χ3v) is 6.64. The van der Waals surface area contributed by atoms with E-state index >= 15 is 0 Å². The Morgan fingerprint density at radius 3 is 2.59 bits per heavy atom. The molecule has 0 unspecified atom stereocenters. The number of hydrogen-bond donors (Lipinski definition) is 1. The number of nitrogens with zero attached hydrogens (tertiary/aromatic N) is 1. The number of sulfonamides is 1. The lowest BCUT2D eigenvalue weighted by Gasteiger charge is -2.20. The second kappa shape index (κ2) is 7.44. The molecule has 120 valence electrons. The van der Waals surface area contributed by atoms with E-state index < -0.39 is 10.0 Å². The zero-order valence-corrected chi connectivity index (χ0v) is 15.7. The molecule has 1 aliphatic rings. The Balaban J connectivity index is 0.00000132. The number of halogens is 2. The molecule has 4 nitrogen and oxygen atoms in total. The van der Waals surface area contributed by atoms with Crippen LogP contribution in [0.15, 0.2) is 41.3 Å². The molecule has 0 aromatic heterocycles. The minimum Gasteiger partial charge on any atom is -1.00 e. The van der Waals surface area contributed by atoms with Crippen molar-refractivity contribution in [1.29, 1.82) is 0 Å². The first kappa shape index (κ1) is 17.9. The van der Waals surface area contributed by atoms with Crippen LogP contribution in [0.1, 0.15) is 7.85 Å². The van der Waals surface area contributed by atoms with E-state index in [0.29, 0.717) is 24.5 Å². The van der Waals surface area contributed by atoms with Crippen molar-refractivity contribution in [3.8, 4) is 0 Å².